The van der Waals surface area contributed by atoms with Gasteiger partial charge in [0.2, 0.25) is 5.88 Å². The SMILES string of the molecule is O=C(NC1C2=C3CC3CC1CCC2)c1cnn(CCN2CCC(C(=O)O)CC2)c1OCC(F)(F)F. The molecule has 0 aromatic carbocycles. The van der Waals surface area contributed by atoms with Gasteiger partial charge in [-0.15, -0.1) is 0 Å². The molecule has 4 aliphatic rings. The number of halogens is 3. The Kier molecular flexibility index (Phi) is 6.54. The smallest absolute Gasteiger partial charge is 0.422 e. The Balaban J connectivity index is 1.28. The minimum Gasteiger partial charge on any atom is -0.481 e. The maximum atomic E-state index is 13.2. The molecule has 0 radical (unpaired) electrons. The van der Waals surface area contributed by atoms with Crippen LogP contribution in [0.2, 0.25) is 0 Å². The van der Waals surface area contributed by atoms with Crippen LogP contribution in [0.15, 0.2) is 17.3 Å². The highest BCUT2D eigenvalue weighted by Gasteiger charge is 2.46. The fourth-order valence-electron chi connectivity index (χ4n) is 6.02. The predicted molar refractivity (Wildman–Crippen MR) is 119 cm³/mol. The molecular weight excluding hydrogens is 465 g/mol. The number of likely N-dealkylation sites (tertiary alicyclic amines) is 1. The van der Waals surface area contributed by atoms with Crippen molar-refractivity contribution in [3.63, 3.8) is 0 Å². The molecule has 2 saturated carbocycles. The van der Waals surface area contributed by atoms with E-state index in [1.165, 1.54) is 22.0 Å². The van der Waals surface area contributed by atoms with E-state index < -0.39 is 24.7 Å². The molecule has 2 N–H and O–H groups in total. The molecule has 0 spiro atoms. The summed E-state index contributed by atoms with van der Waals surface area (Å²) >= 11 is 0. The van der Waals surface area contributed by atoms with Gasteiger partial charge in [0.15, 0.2) is 6.61 Å². The van der Waals surface area contributed by atoms with Crippen molar-refractivity contribution < 1.29 is 32.6 Å². The number of alkyl halides is 3. The van der Waals surface area contributed by atoms with Crippen LogP contribution in [0.1, 0.15) is 55.3 Å². The molecular formula is C24H31F3N4O4. The Bertz CT molecular complexity index is 1010. The first kappa shape index (κ1) is 24.1. The summed E-state index contributed by atoms with van der Waals surface area (Å²) in [4.78, 5) is 26.4. The van der Waals surface area contributed by atoms with E-state index in [2.05, 4.69) is 15.3 Å². The Morgan fingerprint density at radius 2 is 1.94 bits per heavy atom. The van der Waals surface area contributed by atoms with E-state index in [0.717, 1.165) is 32.1 Å². The molecule has 1 aliphatic heterocycles. The Morgan fingerprint density at radius 3 is 2.66 bits per heavy atom. The lowest BCUT2D eigenvalue weighted by atomic mass is 9.74. The zero-order chi connectivity index (χ0) is 24.7. The third kappa shape index (κ3) is 5.34. The number of nitrogens with zero attached hydrogens (tertiary/aromatic N) is 3. The van der Waals surface area contributed by atoms with Crippen LogP contribution in [0.4, 0.5) is 13.2 Å². The van der Waals surface area contributed by atoms with Gasteiger partial charge in [-0.25, -0.2) is 4.68 Å². The molecule has 2 heterocycles. The molecule has 5 rings (SSSR count). The van der Waals surface area contributed by atoms with Crippen molar-refractivity contribution in [3.8, 4) is 5.88 Å². The van der Waals surface area contributed by atoms with Crippen molar-refractivity contribution in [2.45, 2.75) is 63.7 Å². The number of hydrogen-bond acceptors (Lipinski definition) is 5. The van der Waals surface area contributed by atoms with Gasteiger partial charge >= 0.3 is 12.1 Å². The first-order valence-corrected chi connectivity index (χ1v) is 12.4. The first-order chi connectivity index (χ1) is 16.7. The van der Waals surface area contributed by atoms with Crippen LogP contribution in [0, 0.1) is 17.8 Å². The number of piperidine rings is 1. The predicted octanol–water partition coefficient (Wildman–Crippen LogP) is 3.24. The van der Waals surface area contributed by atoms with E-state index in [1.54, 1.807) is 0 Å². The molecule has 1 saturated heterocycles. The van der Waals surface area contributed by atoms with Crippen molar-refractivity contribution in [3.05, 3.63) is 22.9 Å². The van der Waals surface area contributed by atoms with Crippen LogP contribution in [0.5, 0.6) is 5.88 Å². The molecule has 11 heteroatoms. The van der Waals surface area contributed by atoms with Gasteiger partial charge in [0.05, 0.1) is 24.7 Å². The second kappa shape index (κ2) is 9.48. The minimum absolute atomic E-state index is 0.0143. The summed E-state index contributed by atoms with van der Waals surface area (Å²) in [6.07, 6.45) is 3.12. The first-order valence-electron chi connectivity index (χ1n) is 12.4. The normalized spacial score (nSPS) is 26.9. The van der Waals surface area contributed by atoms with Gasteiger partial charge < -0.3 is 20.1 Å². The third-order valence-electron chi connectivity index (χ3n) is 7.93. The number of carboxylic acids is 1. The number of aromatic nitrogens is 2. The number of rotatable bonds is 8. The summed E-state index contributed by atoms with van der Waals surface area (Å²) in [5.41, 5.74) is 2.79. The average Bonchev–Trinajstić information content (AvgIpc) is 3.44. The van der Waals surface area contributed by atoms with Gasteiger partial charge in [-0.1, -0.05) is 5.57 Å². The molecule has 3 fully saturated rings. The van der Waals surface area contributed by atoms with Crippen molar-refractivity contribution in [1.82, 2.24) is 20.0 Å². The number of fused-ring (bicyclic) bond motifs is 3. The molecule has 2 bridgehead atoms. The van der Waals surface area contributed by atoms with Crippen molar-refractivity contribution >= 4 is 11.9 Å². The van der Waals surface area contributed by atoms with Gasteiger partial charge in [-0.2, -0.15) is 18.3 Å². The van der Waals surface area contributed by atoms with Crippen LogP contribution in [0.25, 0.3) is 0 Å². The van der Waals surface area contributed by atoms with E-state index >= 15 is 0 Å². The quantitative estimate of drug-likeness (QED) is 0.537. The number of aliphatic carboxylic acids is 1. The van der Waals surface area contributed by atoms with Crippen LogP contribution >= 0.6 is 0 Å². The zero-order valence-corrected chi connectivity index (χ0v) is 19.5. The molecule has 35 heavy (non-hydrogen) atoms. The molecule has 3 aliphatic carbocycles. The van der Waals surface area contributed by atoms with Crippen LogP contribution < -0.4 is 10.1 Å². The maximum Gasteiger partial charge on any atom is 0.422 e. The monoisotopic (exact) mass is 496 g/mol. The van der Waals surface area contributed by atoms with Gasteiger partial charge in [0, 0.05) is 6.54 Å². The largest absolute Gasteiger partial charge is 0.481 e. The summed E-state index contributed by atoms with van der Waals surface area (Å²) in [7, 11) is 0. The van der Waals surface area contributed by atoms with Crippen LogP contribution in [-0.2, 0) is 11.3 Å². The summed E-state index contributed by atoms with van der Waals surface area (Å²) in [5, 5.41) is 16.4. The van der Waals surface area contributed by atoms with E-state index in [-0.39, 0.29) is 29.9 Å². The lowest BCUT2D eigenvalue weighted by Crippen LogP contribution is -2.45. The van der Waals surface area contributed by atoms with Crippen molar-refractivity contribution in [2.75, 3.05) is 26.2 Å². The maximum absolute atomic E-state index is 13.2. The highest BCUT2D eigenvalue weighted by atomic mass is 19.4. The highest BCUT2D eigenvalue weighted by Crippen LogP contribution is 2.54. The molecule has 1 aromatic rings. The fourth-order valence-corrected chi connectivity index (χ4v) is 6.02. The zero-order valence-electron chi connectivity index (χ0n) is 19.5. The molecule has 3 unspecified atom stereocenters. The van der Waals surface area contributed by atoms with E-state index in [0.29, 0.717) is 44.3 Å². The lowest BCUT2D eigenvalue weighted by Gasteiger charge is -2.37. The number of allylic oxidation sites excluding steroid dienone is 1. The molecule has 1 amide bonds. The number of amides is 1. The fraction of sp³-hybridized carbons (Fsp3) is 0.708. The Labute approximate surface area is 201 Å². The van der Waals surface area contributed by atoms with Gasteiger partial charge in [-0.05, 0) is 75.4 Å². The van der Waals surface area contributed by atoms with Gasteiger partial charge in [0.25, 0.3) is 5.91 Å². The average molecular weight is 497 g/mol. The molecule has 192 valence electrons. The number of carbonyl (C=O) groups excluding carboxylic acids is 1. The van der Waals surface area contributed by atoms with Crippen molar-refractivity contribution in [2.24, 2.45) is 17.8 Å². The van der Waals surface area contributed by atoms with E-state index in [9.17, 15) is 22.8 Å². The van der Waals surface area contributed by atoms with Crippen LogP contribution in [0.3, 0.4) is 0 Å². The summed E-state index contributed by atoms with van der Waals surface area (Å²) in [5.74, 6) is -0.753. The summed E-state index contributed by atoms with van der Waals surface area (Å²) in [6.45, 7) is 0.380. The standard InChI is InChI=1S/C24H31F3N4O4/c25-24(26,27)13-35-22-19(12-28-31(22)9-8-30-6-4-14(5-7-30)23(33)34)21(32)29-20-15-2-1-3-17(20)18-11-16(18)10-15/h12,14-16,20H,1-11,13H2,(H,29,32)(H,33,34). The second-order valence-corrected chi connectivity index (χ2v) is 10.2. The van der Waals surface area contributed by atoms with Crippen LogP contribution in [-0.4, -0.2) is 70.1 Å². The Hall–Kier alpha value is -2.56. The van der Waals surface area contributed by atoms with E-state index in [4.69, 9.17) is 9.84 Å². The summed E-state index contributed by atoms with van der Waals surface area (Å²) < 4.78 is 45.3. The van der Waals surface area contributed by atoms with Gasteiger partial charge in [-0.3, -0.25) is 9.59 Å². The molecule has 3 atom stereocenters. The lowest BCUT2D eigenvalue weighted by molar-refractivity contribution is -0.154. The highest BCUT2D eigenvalue weighted by molar-refractivity contribution is 5.96. The van der Waals surface area contributed by atoms with Crippen molar-refractivity contribution in [1.29, 1.82) is 0 Å². The van der Waals surface area contributed by atoms with E-state index in [1.807, 2.05) is 0 Å². The Morgan fingerprint density at radius 1 is 1.17 bits per heavy atom. The number of carboxylic acid groups (broad SMARTS) is 1. The number of carbonyl (C=O) groups is 2. The minimum atomic E-state index is -4.55. The number of ether oxygens (including phenoxy) is 1. The number of nitrogens with one attached hydrogen (secondary N) is 1. The molecule has 1 aromatic heterocycles. The third-order valence-corrected chi connectivity index (χ3v) is 7.93. The summed E-state index contributed by atoms with van der Waals surface area (Å²) in [6, 6.07) is -0.0562. The molecule has 8 nitrogen and oxygen atoms in total. The topological polar surface area (TPSA) is 96.7 Å². The van der Waals surface area contributed by atoms with Gasteiger partial charge in [0.1, 0.15) is 5.56 Å². The second-order valence-electron chi connectivity index (χ2n) is 10.2. The number of hydrogen-bond donors (Lipinski definition) is 2.